The minimum Gasteiger partial charge on any atom is -0.384 e. The highest BCUT2D eigenvalue weighted by Gasteiger charge is 2.13. The summed E-state index contributed by atoms with van der Waals surface area (Å²) in [4.78, 5) is 8.49. The number of thioether (sulfide) groups is 1. The van der Waals surface area contributed by atoms with Gasteiger partial charge in [-0.3, -0.25) is 0 Å². The second-order valence-electron chi connectivity index (χ2n) is 4.40. The molecule has 0 aromatic carbocycles. The van der Waals surface area contributed by atoms with E-state index in [-0.39, 0.29) is 0 Å². The highest BCUT2D eigenvalue weighted by Crippen LogP contribution is 2.25. The molecule has 1 fully saturated rings. The largest absolute Gasteiger partial charge is 0.384 e. The second kappa shape index (κ2) is 6.80. The molecule has 1 aromatic rings. The van der Waals surface area contributed by atoms with E-state index < -0.39 is 0 Å². The number of nitrogen functional groups attached to an aromatic ring is 1. The molecule has 0 spiro atoms. The summed E-state index contributed by atoms with van der Waals surface area (Å²) in [6.07, 6.45) is 3.96. The maximum absolute atomic E-state index is 5.75. The molecule has 1 saturated heterocycles. The molecular formula is C12H20N4OS. The topological polar surface area (TPSA) is 73.1 Å². The molecule has 0 radical (unpaired) electrons. The number of rotatable bonds is 5. The summed E-state index contributed by atoms with van der Waals surface area (Å²) in [6.45, 7) is 1.32. The summed E-state index contributed by atoms with van der Waals surface area (Å²) >= 11 is 2.04. The van der Waals surface area contributed by atoms with E-state index in [4.69, 9.17) is 10.5 Å². The van der Waals surface area contributed by atoms with Gasteiger partial charge in [0.2, 0.25) is 0 Å². The second-order valence-corrected chi connectivity index (χ2v) is 5.81. The quantitative estimate of drug-likeness (QED) is 0.849. The molecular weight excluding hydrogens is 248 g/mol. The third-order valence-electron chi connectivity index (χ3n) is 2.85. The van der Waals surface area contributed by atoms with Gasteiger partial charge < -0.3 is 15.8 Å². The normalized spacial score (nSPS) is 19.7. The first-order chi connectivity index (χ1) is 8.78. The van der Waals surface area contributed by atoms with E-state index in [0.717, 1.165) is 12.4 Å². The smallest absolute Gasteiger partial charge is 0.158 e. The number of methoxy groups -OCH3 is 1. The molecule has 0 bridgehead atoms. The lowest BCUT2D eigenvalue weighted by atomic mass is 10.2. The van der Waals surface area contributed by atoms with Crippen molar-refractivity contribution in [2.45, 2.75) is 31.1 Å². The fourth-order valence-corrected chi connectivity index (χ4v) is 3.23. The number of hydrogen-bond donors (Lipinski definition) is 2. The van der Waals surface area contributed by atoms with E-state index in [0.29, 0.717) is 23.5 Å². The Labute approximate surface area is 112 Å². The van der Waals surface area contributed by atoms with Gasteiger partial charge in [-0.25, -0.2) is 9.97 Å². The summed E-state index contributed by atoms with van der Waals surface area (Å²) < 4.78 is 5.02. The Bertz CT molecular complexity index is 382. The lowest BCUT2D eigenvalue weighted by molar-refractivity contribution is 0.178. The number of nitrogens with two attached hydrogens (primary N) is 1. The van der Waals surface area contributed by atoms with Gasteiger partial charge in [-0.1, -0.05) is 6.42 Å². The Hall–Kier alpha value is -1.01. The van der Waals surface area contributed by atoms with Gasteiger partial charge in [0.05, 0.1) is 0 Å². The van der Waals surface area contributed by atoms with Crippen molar-refractivity contribution >= 4 is 23.4 Å². The van der Waals surface area contributed by atoms with Gasteiger partial charge in [-0.15, -0.1) is 0 Å². The van der Waals surface area contributed by atoms with E-state index in [1.165, 1.54) is 25.0 Å². The van der Waals surface area contributed by atoms with Crippen LogP contribution >= 0.6 is 11.8 Å². The van der Waals surface area contributed by atoms with Crippen molar-refractivity contribution in [2.75, 3.05) is 30.5 Å². The van der Waals surface area contributed by atoms with Crippen molar-refractivity contribution in [3.8, 4) is 0 Å². The van der Waals surface area contributed by atoms with Crippen LogP contribution in [0.25, 0.3) is 0 Å². The van der Waals surface area contributed by atoms with Crippen LogP contribution in [0.4, 0.5) is 11.6 Å². The number of nitrogens with one attached hydrogen (secondary N) is 1. The number of anilines is 2. The van der Waals surface area contributed by atoms with Crippen molar-refractivity contribution < 1.29 is 4.74 Å². The summed E-state index contributed by atoms with van der Waals surface area (Å²) in [6, 6.07) is 1.77. The van der Waals surface area contributed by atoms with Crippen molar-refractivity contribution in [3.05, 3.63) is 11.9 Å². The molecule has 1 unspecified atom stereocenters. The SMILES string of the molecule is COCc1nc(N)cc(NCC2CCCCS2)n1. The summed E-state index contributed by atoms with van der Waals surface area (Å²) in [5.41, 5.74) is 5.75. The van der Waals surface area contributed by atoms with Crippen LogP contribution in [-0.2, 0) is 11.3 Å². The summed E-state index contributed by atoms with van der Waals surface area (Å²) in [7, 11) is 1.62. The number of ether oxygens (including phenoxy) is 1. The minimum atomic E-state index is 0.387. The predicted octanol–water partition coefficient (Wildman–Crippen LogP) is 1.90. The lowest BCUT2D eigenvalue weighted by Gasteiger charge is -2.21. The molecule has 18 heavy (non-hydrogen) atoms. The molecule has 1 aromatic heterocycles. The molecule has 1 aliphatic rings. The average molecular weight is 268 g/mol. The molecule has 6 heteroatoms. The number of hydrogen-bond acceptors (Lipinski definition) is 6. The minimum absolute atomic E-state index is 0.387. The molecule has 0 aliphatic carbocycles. The standard InChI is InChI=1S/C12H20N4OS/c1-17-8-12-15-10(13)6-11(16-12)14-7-9-4-2-3-5-18-9/h6,9H,2-5,7-8H2,1H3,(H3,13,14,15,16). The van der Waals surface area contributed by atoms with Crippen LogP contribution in [0, 0.1) is 0 Å². The first-order valence-corrected chi connectivity index (χ1v) is 7.30. The van der Waals surface area contributed by atoms with E-state index >= 15 is 0 Å². The van der Waals surface area contributed by atoms with Gasteiger partial charge >= 0.3 is 0 Å². The Balaban J connectivity index is 1.91. The Morgan fingerprint density at radius 2 is 2.39 bits per heavy atom. The van der Waals surface area contributed by atoms with Crippen molar-refractivity contribution in [1.82, 2.24) is 9.97 Å². The van der Waals surface area contributed by atoms with Gasteiger partial charge in [0.15, 0.2) is 5.82 Å². The molecule has 3 N–H and O–H groups in total. The zero-order chi connectivity index (χ0) is 12.8. The number of aromatic nitrogens is 2. The monoisotopic (exact) mass is 268 g/mol. The van der Waals surface area contributed by atoms with Gasteiger partial charge in [0.1, 0.15) is 18.2 Å². The van der Waals surface area contributed by atoms with E-state index in [2.05, 4.69) is 15.3 Å². The van der Waals surface area contributed by atoms with Crippen LogP contribution in [0.15, 0.2) is 6.07 Å². The Morgan fingerprint density at radius 3 is 3.11 bits per heavy atom. The van der Waals surface area contributed by atoms with Gasteiger partial charge in [0, 0.05) is 25.0 Å². The molecule has 2 rings (SSSR count). The first-order valence-electron chi connectivity index (χ1n) is 6.26. The van der Waals surface area contributed by atoms with Crippen LogP contribution in [-0.4, -0.2) is 34.6 Å². The lowest BCUT2D eigenvalue weighted by Crippen LogP contribution is -2.21. The molecule has 0 saturated carbocycles. The molecule has 0 amide bonds. The van der Waals surface area contributed by atoms with Crippen LogP contribution in [0.3, 0.4) is 0 Å². The van der Waals surface area contributed by atoms with E-state index in [9.17, 15) is 0 Å². The average Bonchev–Trinajstić information content (AvgIpc) is 2.37. The summed E-state index contributed by atoms with van der Waals surface area (Å²) in [5.74, 6) is 3.17. The molecule has 100 valence electrons. The Morgan fingerprint density at radius 1 is 1.50 bits per heavy atom. The fourth-order valence-electron chi connectivity index (χ4n) is 1.99. The third-order valence-corrected chi connectivity index (χ3v) is 4.25. The Kier molecular flexibility index (Phi) is 5.07. The molecule has 5 nitrogen and oxygen atoms in total. The van der Waals surface area contributed by atoms with Gasteiger partial charge in [-0.2, -0.15) is 11.8 Å². The third kappa shape index (κ3) is 4.03. The van der Waals surface area contributed by atoms with Gasteiger partial charge in [0.25, 0.3) is 0 Å². The highest BCUT2D eigenvalue weighted by atomic mass is 32.2. The summed E-state index contributed by atoms with van der Waals surface area (Å²) in [5, 5.41) is 4.03. The maximum atomic E-state index is 5.75. The van der Waals surface area contributed by atoms with Crippen LogP contribution in [0.2, 0.25) is 0 Å². The first kappa shape index (κ1) is 13.4. The molecule has 1 aliphatic heterocycles. The fraction of sp³-hybridized carbons (Fsp3) is 0.667. The zero-order valence-electron chi connectivity index (χ0n) is 10.7. The zero-order valence-corrected chi connectivity index (χ0v) is 11.5. The molecule has 1 atom stereocenters. The van der Waals surface area contributed by atoms with Gasteiger partial charge in [-0.05, 0) is 18.6 Å². The van der Waals surface area contributed by atoms with Crippen LogP contribution < -0.4 is 11.1 Å². The maximum Gasteiger partial charge on any atom is 0.158 e. The highest BCUT2D eigenvalue weighted by molar-refractivity contribution is 7.99. The number of nitrogens with zero attached hydrogens (tertiary/aromatic N) is 2. The van der Waals surface area contributed by atoms with Crippen LogP contribution in [0.5, 0.6) is 0 Å². The molecule has 2 heterocycles. The van der Waals surface area contributed by atoms with E-state index in [1.54, 1.807) is 13.2 Å². The predicted molar refractivity (Wildman–Crippen MR) is 75.7 cm³/mol. The van der Waals surface area contributed by atoms with Crippen LogP contribution in [0.1, 0.15) is 25.1 Å². The van der Waals surface area contributed by atoms with Crippen molar-refractivity contribution in [1.29, 1.82) is 0 Å². The van der Waals surface area contributed by atoms with Crippen molar-refractivity contribution in [3.63, 3.8) is 0 Å². The van der Waals surface area contributed by atoms with Crippen molar-refractivity contribution in [2.24, 2.45) is 0 Å². The van der Waals surface area contributed by atoms with E-state index in [1.807, 2.05) is 11.8 Å².